The molecule has 35 heavy (non-hydrogen) atoms. The minimum atomic E-state index is -0.521. The van der Waals surface area contributed by atoms with Crippen LogP contribution < -0.4 is 4.74 Å². The van der Waals surface area contributed by atoms with E-state index in [2.05, 4.69) is 28.2 Å². The SMILES string of the molecule is CC(=O)c1ccc(OCc2cnccn2)c(-c2ccc3c(c2)CCN(C(=O)OC(C)(C)C)CC3)c1. The molecule has 1 aliphatic heterocycles. The van der Waals surface area contributed by atoms with Gasteiger partial charge in [0.1, 0.15) is 18.0 Å². The predicted molar refractivity (Wildman–Crippen MR) is 133 cm³/mol. The van der Waals surface area contributed by atoms with Gasteiger partial charge in [0.05, 0.1) is 11.9 Å². The number of Topliss-reactive ketones (excluding diaryl/α,β-unsaturated/α-hetero) is 1. The second kappa shape index (κ2) is 10.3. The molecule has 4 rings (SSSR count). The third-order valence-electron chi connectivity index (χ3n) is 5.85. The first-order valence-electron chi connectivity index (χ1n) is 11.8. The molecule has 182 valence electrons. The van der Waals surface area contributed by atoms with Crippen molar-refractivity contribution in [1.29, 1.82) is 0 Å². The summed E-state index contributed by atoms with van der Waals surface area (Å²) in [6.45, 7) is 8.68. The van der Waals surface area contributed by atoms with Crippen molar-refractivity contribution in [2.24, 2.45) is 0 Å². The smallest absolute Gasteiger partial charge is 0.410 e. The summed E-state index contributed by atoms with van der Waals surface area (Å²) in [6.07, 6.45) is 6.13. The van der Waals surface area contributed by atoms with Crippen LogP contribution in [0.1, 0.15) is 54.9 Å². The van der Waals surface area contributed by atoms with Gasteiger partial charge in [0.15, 0.2) is 5.78 Å². The van der Waals surface area contributed by atoms with Gasteiger partial charge >= 0.3 is 6.09 Å². The molecule has 1 amide bonds. The molecule has 0 bridgehead atoms. The molecule has 0 fully saturated rings. The second-order valence-corrected chi connectivity index (χ2v) is 9.70. The highest BCUT2D eigenvalue weighted by atomic mass is 16.6. The van der Waals surface area contributed by atoms with Crippen LogP contribution in [0.2, 0.25) is 0 Å². The highest BCUT2D eigenvalue weighted by Crippen LogP contribution is 2.34. The molecular formula is C28H31N3O4. The number of amides is 1. The maximum absolute atomic E-state index is 12.6. The van der Waals surface area contributed by atoms with Gasteiger partial charge in [-0.1, -0.05) is 18.2 Å². The Hall–Kier alpha value is -3.74. The van der Waals surface area contributed by atoms with E-state index in [4.69, 9.17) is 9.47 Å². The Labute approximate surface area is 206 Å². The molecule has 0 radical (unpaired) electrons. The lowest BCUT2D eigenvalue weighted by atomic mass is 9.94. The lowest BCUT2D eigenvalue weighted by molar-refractivity contribution is 0.0258. The lowest BCUT2D eigenvalue weighted by Gasteiger charge is -2.26. The van der Waals surface area contributed by atoms with Crippen molar-refractivity contribution < 1.29 is 19.1 Å². The van der Waals surface area contributed by atoms with E-state index in [1.54, 1.807) is 36.5 Å². The van der Waals surface area contributed by atoms with Crippen molar-refractivity contribution >= 4 is 11.9 Å². The van der Waals surface area contributed by atoms with Crippen molar-refractivity contribution in [3.05, 3.63) is 77.4 Å². The van der Waals surface area contributed by atoms with E-state index in [0.29, 0.717) is 24.4 Å². The maximum Gasteiger partial charge on any atom is 0.410 e. The van der Waals surface area contributed by atoms with Crippen molar-refractivity contribution in [1.82, 2.24) is 14.9 Å². The summed E-state index contributed by atoms with van der Waals surface area (Å²) in [7, 11) is 0. The molecule has 7 nitrogen and oxygen atoms in total. The summed E-state index contributed by atoms with van der Waals surface area (Å²) < 4.78 is 11.7. The molecule has 0 unspecified atom stereocenters. The number of ether oxygens (including phenoxy) is 2. The third kappa shape index (κ3) is 6.23. The third-order valence-corrected chi connectivity index (χ3v) is 5.85. The number of carbonyl (C=O) groups is 2. The number of benzene rings is 2. The zero-order chi connectivity index (χ0) is 25.0. The molecule has 3 aromatic rings. The van der Waals surface area contributed by atoms with Crippen LogP contribution in [-0.2, 0) is 24.2 Å². The van der Waals surface area contributed by atoms with E-state index in [1.807, 2.05) is 32.9 Å². The number of fused-ring (bicyclic) bond motifs is 1. The largest absolute Gasteiger partial charge is 0.487 e. The summed E-state index contributed by atoms with van der Waals surface area (Å²) in [5, 5.41) is 0. The van der Waals surface area contributed by atoms with Crippen LogP contribution in [0.5, 0.6) is 5.75 Å². The highest BCUT2D eigenvalue weighted by molar-refractivity contribution is 5.96. The fourth-order valence-electron chi connectivity index (χ4n) is 4.06. The van der Waals surface area contributed by atoms with E-state index in [1.165, 1.54) is 11.1 Å². The van der Waals surface area contributed by atoms with Gasteiger partial charge < -0.3 is 14.4 Å². The van der Waals surface area contributed by atoms with Crippen LogP contribution in [0, 0.1) is 0 Å². The number of hydrogen-bond acceptors (Lipinski definition) is 6. The minimum absolute atomic E-state index is 0.00510. The van der Waals surface area contributed by atoms with Crippen LogP contribution in [-0.4, -0.2) is 45.4 Å². The molecular weight excluding hydrogens is 442 g/mol. The molecule has 7 heteroatoms. The molecule has 2 heterocycles. The summed E-state index contributed by atoms with van der Waals surface area (Å²) >= 11 is 0. The van der Waals surface area contributed by atoms with Gasteiger partial charge in [-0.3, -0.25) is 14.8 Å². The number of rotatable bonds is 5. The summed E-state index contributed by atoms with van der Waals surface area (Å²) in [5.41, 5.74) is 5.03. The quantitative estimate of drug-likeness (QED) is 0.470. The maximum atomic E-state index is 12.6. The van der Waals surface area contributed by atoms with Crippen molar-refractivity contribution in [2.45, 2.75) is 52.7 Å². The topological polar surface area (TPSA) is 81.6 Å². The highest BCUT2D eigenvalue weighted by Gasteiger charge is 2.24. The first-order valence-corrected chi connectivity index (χ1v) is 11.8. The summed E-state index contributed by atoms with van der Waals surface area (Å²) in [5.74, 6) is 0.666. The van der Waals surface area contributed by atoms with Crippen molar-refractivity contribution in [3.63, 3.8) is 0 Å². The Morgan fingerprint density at radius 2 is 1.77 bits per heavy atom. The van der Waals surface area contributed by atoms with Crippen LogP contribution in [0.4, 0.5) is 4.79 Å². The standard InChI is InChI=1S/C28H31N3O4/c1-19(32)21-7-8-26(34-18-24-17-29-11-12-30-24)25(16-21)23-6-5-20-9-13-31(14-10-22(20)15-23)27(33)35-28(2,3)4/h5-8,11-12,15-17H,9-10,13-14,18H2,1-4H3. The molecule has 0 saturated carbocycles. The first kappa shape index (κ1) is 24.4. The minimum Gasteiger partial charge on any atom is -0.487 e. The first-order chi connectivity index (χ1) is 16.7. The number of hydrogen-bond donors (Lipinski definition) is 0. The second-order valence-electron chi connectivity index (χ2n) is 9.70. The van der Waals surface area contributed by atoms with Gasteiger partial charge in [-0.05, 0) is 75.4 Å². The molecule has 1 aliphatic rings. The van der Waals surface area contributed by atoms with E-state index < -0.39 is 5.60 Å². The zero-order valence-corrected chi connectivity index (χ0v) is 20.7. The fraction of sp³-hybridized carbons (Fsp3) is 0.357. The number of carbonyl (C=O) groups excluding carboxylic acids is 2. The lowest BCUT2D eigenvalue weighted by Crippen LogP contribution is -2.38. The molecule has 2 aromatic carbocycles. The predicted octanol–water partition coefficient (Wildman–Crippen LogP) is 5.26. The zero-order valence-electron chi connectivity index (χ0n) is 20.7. The van der Waals surface area contributed by atoms with Crippen molar-refractivity contribution in [2.75, 3.05) is 13.1 Å². The van der Waals surface area contributed by atoms with Gasteiger partial charge in [0.2, 0.25) is 0 Å². The van der Waals surface area contributed by atoms with Crippen LogP contribution >= 0.6 is 0 Å². The summed E-state index contributed by atoms with van der Waals surface area (Å²) in [6, 6.07) is 11.8. The van der Waals surface area contributed by atoms with E-state index in [-0.39, 0.29) is 18.5 Å². The molecule has 0 spiro atoms. The van der Waals surface area contributed by atoms with Gasteiger partial charge in [-0.15, -0.1) is 0 Å². The van der Waals surface area contributed by atoms with E-state index >= 15 is 0 Å². The number of nitrogens with zero attached hydrogens (tertiary/aromatic N) is 3. The molecule has 0 aliphatic carbocycles. The van der Waals surface area contributed by atoms with Gasteiger partial charge in [0.25, 0.3) is 0 Å². The Morgan fingerprint density at radius 3 is 2.46 bits per heavy atom. The normalized spacial score (nSPS) is 13.5. The average molecular weight is 474 g/mol. The molecule has 1 aromatic heterocycles. The Balaban J connectivity index is 1.59. The number of aromatic nitrogens is 2. The fourth-order valence-corrected chi connectivity index (χ4v) is 4.06. The average Bonchev–Trinajstić information content (AvgIpc) is 3.04. The van der Waals surface area contributed by atoms with Crippen LogP contribution in [0.3, 0.4) is 0 Å². The van der Waals surface area contributed by atoms with Gasteiger partial charge in [-0.2, -0.15) is 0 Å². The monoisotopic (exact) mass is 473 g/mol. The van der Waals surface area contributed by atoms with Gasteiger partial charge in [0, 0.05) is 36.6 Å². The summed E-state index contributed by atoms with van der Waals surface area (Å²) in [4.78, 5) is 34.8. The van der Waals surface area contributed by atoms with Gasteiger partial charge in [-0.25, -0.2) is 4.79 Å². The van der Waals surface area contributed by atoms with E-state index in [0.717, 1.165) is 29.7 Å². The van der Waals surface area contributed by atoms with E-state index in [9.17, 15) is 9.59 Å². The van der Waals surface area contributed by atoms with Crippen LogP contribution in [0.25, 0.3) is 11.1 Å². The molecule has 0 atom stereocenters. The van der Waals surface area contributed by atoms with Crippen LogP contribution in [0.15, 0.2) is 55.0 Å². The Bertz CT molecular complexity index is 1220. The Kier molecular flexibility index (Phi) is 7.15. The van der Waals surface area contributed by atoms with Crippen molar-refractivity contribution in [3.8, 4) is 16.9 Å². The molecule has 0 N–H and O–H groups in total. The Morgan fingerprint density at radius 1 is 1.00 bits per heavy atom. The number of ketones is 1. The molecule has 0 saturated heterocycles.